The molecule has 1 aromatic rings. The molecule has 4 rings (SSSR count). The first-order valence-electron chi connectivity index (χ1n) is 9.62. The molecule has 3 heterocycles. The Morgan fingerprint density at radius 3 is 2.79 bits per heavy atom. The first-order chi connectivity index (χ1) is 11.7. The van der Waals surface area contributed by atoms with Crippen LogP contribution in [0.25, 0.3) is 0 Å². The first kappa shape index (κ1) is 16.1. The molecule has 0 N–H and O–H groups in total. The van der Waals surface area contributed by atoms with Gasteiger partial charge in [-0.3, -0.25) is 14.7 Å². The summed E-state index contributed by atoms with van der Waals surface area (Å²) in [6, 6.07) is 4.72. The molecule has 0 unspecified atom stereocenters. The van der Waals surface area contributed by atoms with E-state index in [2.05, 4.69) is 27.8 Å². The van der Waals surface area contributed by atoms with Crippen LogP contribution in [0, 0.1) is 17.8 Å². The highest BCUT2D eigenvalue weighted by Crippen LogP contribution is 2.35. The Morgan fingerprint density at radius 2 is 2.04 bits per heavy atom. The van der Waals surface area contributed by atoms with Crippen molar-refractivity contribution in [1.82, 2.24) is 14.8 Å². The Balaban J connectivity index is 1.36. The van der Waals surface area contributed by atoms with Crippen LogP contribution in [-0.4, -0.2) is 46.4 Å². The number of hydrogen-bond donors (Lipinski definition) is 0. The van der Waals surface area contributed by atoms with Crippen molar-refractivity contribution in [2.24, 2.45) is 17.8 Å². The van der Waals surface area contributed by atoms with Crippen molar-refractivity contribution in [3.05, 3.63) is 30.1 Å². The lowest BCUT2D eigenvalue weighted by molar-refractivity contribution is -0.136. The van der Waals surface area contributed by atoms with Gasteiger partial charge in [0.05, 0.1) is 0 Å². The van der Waals surface area contributed by atoms with E-state index in [1.165, 1.54) is 24.8 Å². The fourth-order valence-electron chi connectivity index (χ4n) is 4.92. The Hall–Kier alpha value is -1.42. The summed E-state index contributed by atoms with van der Waals surface area (Å²) in [6.45, 7) is 6.37. The standard InChI is InChI=1S/C20H29N3O/c1-15-4-6-17(7-5-15)20(24)23-13-18-8-10-22(19(18)14-23)12-16-3-2-9-21-11-16/h2-3,9,11,15,17-19H,4-8,10,12-14H2,1H3/t15?,17?,18-,19+/m0/s1. The fourth-order valence-corrected chi connectivity index (χ4v) is 4.92. The van der Waals surface area contributed by atoms with Crippen molar-refractivity contribution in [2.45, 2.75) is 51.6 Å². The van der Waals surface area contributed by atoms with Gasteiger partial charge in [0, 0.05) is 44.0 Å². The Kier molecular flexibility index (Phi) is 4.57. The third-order valence-electron chi connectivity index (χ3n) is 6.45. The van der Waals surface area contributed by atoms with E-state index in [0.29, 0.717) is 23.8 Å². The molecule has 4 nitrogen and oxygen atoms in total. The number of amides is 1. The van der Waals surface area contributed by atoms with Gasteiger partial charge in [-0.15, -0.1) is 0 Å². The van der Waals surface area contributed by atoms with Gasteiger partial charge in [0.15, 0.2) is 0 Å². The van der Waals surface area contributed by atoms with E-state index in [1.54, 1.807) is 0 Å². The number of fused-ring (bicyclic) bond motifs is 1. The normalized spacial score (nSPS) is 33.6. The summed E-state index contributed by atoms with van der Waals surface area (Å²) in [7, 11) is 0. The zero-order valence-electron chi connectivity index (χ0n) is 14.7. The lowest BCUT2D eigenvalue weighted by atomic mass is 9.82. The Labute approximate surface area is 145 Å². The molecule has 130 valence electrons. The molecule has 4 heteroatoms. The smallest absolute Gasteiger partial charge is 0.225 e. The number of aromatic nitrogens is 1. The molecule has 2 aliphatic heterocycles. The zero-order valence-corrected chi connectivity index (χ0v) is 14.7. The second-order valence-electron chi connectivity index (χ2n) is 8.15. The van der Waals surface area contributed by atoms with E-state index in [-0.39, 0.29) is 0 Å². The Morgan fingerprint density at radius 1 is 1.21 bits per heavy atom. The third-order valence-corrected chi connectivity index (χ3v) is 6.45. The van der Waals surface area contributed by atoms with Crippen molar-refractivity contribution in [3.8, 4) is 0 Å². The van der Waals surface area contributed by atoms with Gasteiger partial charge in [0.1, 0.15) is 0 Å². The number of carbonyl (C=O) groups excluding carboxylic acids is 1. The summed E-state index contributed by atoms with van der Waals surface area (Å²) >= 11 is 0. The van der Waals surface area contributed by atoms with Crippen LogP contribution in [0.4, 0.5) is 0 Å². The maximum Gasteiger partial charge on any atom is 0.225 e. The van der Waals surface area contributed by atoms with E-state index >= 15 is 0 Å². The predicted molar refractivity (Wildman–Crippen MR) is 94.2 cm³/mol. The maximum atomic E-state index is 12.9. The fraction of sp³-hybridized carbons (Fsp3) is 0.700. The van der Waals surface area contributed by atoms with Crippen LogP contribution in [0.2, 0.25) is 0 Å². The van der Waals surface area contributed by atoms with Crippen LogP contribution in [-0.2, 0) is 11.3 Å². The number of likely N-dealkylation sites (tertiary alicyclic amines) is 2. The molecule has 0 aromatic carbocycles. The maximum absolute atomic E-state index is 12.9. The largest absolute Gasteiger partial charge is 0.341 e. The van der Waals surface area contributed by atoms with Crippen molar-refractivity contribution >= 4 is 5.91 Å². The minimum absolute atomic E-state index is 0.298. The second kappa shape index (κ2) is 6.83. The van der Waals surface area contributed by atoms with Crippen molar-refractivity contribution < 1.29 is 4.79 Å². The molecule has 1 aromatic heterocycles. The molecule has 2 saturated heterocycles. The summed E-state index contributed by atoms with van der Waals surface area (Å²) in [5.74, 6) is 2.22. The van der Waals surface area contributed by atoms with E-state index in [4.69, 9.17) is 0 Å². The summed E-state index contributed by atoms with van der Waals surface area (Å²) in [5.41, 5.74) is 1.28. The van der Waals surface area contributed by atoms with Crippen molar-refractivity contribution in [3.63, 3.8) is 0 Å². The SMILES string of the molecule is CC1CCC(C(=O)N2C[C@@H]3CCN(Cc4cccnc4)[C@@H]3C2)CC1. The van der Waals surface area contributed by atoms with Crippen LogP contribution in [0.3, 0.4) is 0 Å². The molecule has 0 radical (unpaired) electrons. The molecular formula is C20H29N3O. The van der Waals surface area contributed by atoms with E-state index in [9.17, 15) is 4.79 Å². The molecule has 1 aliphatic carbocycles. The lowest BCUT2D eigenvalue weighted by Crippen LogP contribution is -2.40. The molecule has 3 fully saturated rings. The first-order valence-corrected chi connectivity index (χ1v) is 9.62. The highest BCUT2D eigenvalue weighted by atomic mass is 16.2. The number of nitrogens with zero attached hydrogens (tertiary/aromatic N) is 3. The summed E-state index contributed by atoms with van der Waals surface area (Å²) in [4.78, 5) is 21.9. The number of pyridine rings is 1. The number of rotatable bonds is 3. The van der Waals surface area contributed by atoms with Crippen LogP contribution < -0.4 is 0 Å². The molecule has 1 amide bonds. The quantitative estimate of drug-likeness (QED) is 0.856. The monoisotopic (exact) mass is 327 g/mol. The van der Waals surface area contributed by atoms with E-state index in [1.807, 2.05) is 18.5 Å². The van der Waals surface area contributed by atoms with Gasteiger partial charge in [-0.25, -0.2) is 0 Å². The van der Waals surface area contributed by atoms with Gasteiger partial charge in [-0.2, -0.15) is 0 Å². The van der Waals surface area contributed by atoms with Crippen LogP contribution in [0.1, 0.15) is 44.6 Å². The minimum atomic E-state index is 0.298. The average molecular weight is 327 g/mol. The number of carbonyl (C=O) groups is 1. The molecule has 3 aliphatic rings. The molecule has 2 atom stereocenters. The highest BCUT2D eigenvalue weighted by molar-refractivity contribution is 5.79. The molecular weight excluding hydrogens is 298 g/mol. The third kappa shape index (κ3) is 3.21. The van der Waals surface area contributed by atoms with Gasteiger partial charge in [0.25, 0.3) is 0 Å². The lowest BCUT2D eigenvalue weighted by Gasteiger charge is -2.30. The van der Waals surface area contributed by atoms with Gasteiger partial charge in [0.2, 0.25) is 5.91 Å². The molecule has 1 saturated carbocycles. The second-order valence-corrected chi connectivity index (χ2v) is 8.15. The van der Waals surface area contributed by atoms with Crippen molar-refractivity contribution in [2.75, 3.05) is 19.6 Å². The van der Waals surface area contributed by atoms with Crippen LogP contribution in [0.5, 0.6) is 0 Å². The molecule has 0 spiro atoms. The van der Waals surface area contributed by atoms with Gasteiger partial charge in [-0.05, 0) is 62.1 Å². The predicted octanol–water partition coefficient (Wildman–Crippen LogP) is 2.94. The number of hydrogen-bond acceptors (Lipinski definition) is 3. The topological polar surface area (TPSA) is 36.4 Å². The Bertz CT molecular complexity index is 568. The average Bonchev–Trinajstić information content (AvgIpc) is 3.18. The summed E-state index contributed by atoms with van der Waals surface area (Å²) < 4.78 is 0. The van der Waals surface area contributed by atoms with Crippen molar-refractivity contribution in [1.29, 1.82) is 0 Å². The van der Waals surface area contributed by atoms with Gasteiger partial charge in [-0.1, -0.05) is 13.0 Å². The molecule has 0 bridgehead atoms. The minimum Gasteiger partial charge on any atom is -0.341 e. The van der Waals surface area contributed by atoms with E-state index in [0.717, 1.165) is 44.9 Å². The van der Waals surface area contributed by atoms with Gasteiger partial charge >= 0.3 is 0 Å². The summed E-state index contributed by atoms with van der Waals surface area (Å²) in [6.07, 6.45) is 9.69. The van der Waals surface area contributed by atoms with Crippen LogP contribution in [0.15, 0.2) is 24.5 Å². The zero-order chi connectivity index (χ0) is 16.5. The van der Waals surface area contributed by atoms with E-state index < -0.39 is 0 Å². The summed E-state index contributed by atoms with van der Waals surface area (Å²) in [5, 5.41) is 0. The van der Waals surface area contributed by atoms with Gasteiger partial charge < -0.3 is 4.90 Å². The molecule has 24 heavy (non-hydrogen) atoms. The van der Waals surface area contributed by atoms with Crippen LogP contribution >= 0.6 is 0 Å². The highest BCUT2D eigenvalue weighted by Gasteiger charge is 2.43.